The van der Waals surface area contributed by atoms with E-state index in [1.54, 1.807) is 12.3 Å². The second kappa shape index (κ2) is 7.77. The van der Waals surface area contributed by atoms with Crippen LogP contribution >= 0.6 is 0 Å². The van der Waals surface area contributed by atoms with Gasteiger partial charge in [0.1, 0.15) is 5.82 Å². The van der Waals surface area contributed by atoms with E-state index in [9.17, 15) is 9.18 Å². The Labute approximate surface area is 140 Å². The summed E-state index contributed by atoms with van der Waals surface area (Å²) >= 11 is 0. The molecule has 1 aliphatic heterocycles. The molecule has 1 fully saturated rings. The molecule has 0 saturated carbocycles. The number of carbonyl (C=O) groups excluding carboxylic acids is 1. The van der Waals surface area contributed by atoms with Gasteiger partial charge in [0.15, 0.2) is 0 Å². The van der Waals surface area contributed by atoms with Gasteiger partial charge in [0.05, 0.1) is 12.5 Å². The number of hydrogen-bond acceptors (Lipinski definition) is 3. The predicted octanol–water partition coefficient (Wildman–Crippen LogP) is 2.24. The molecule has 1 aliphatic rings. The highest BCUT2D eigenvalue weighted by molar-refractivity contribution is 5.89. The Morgan fingerprint density at radius 1 is 1.38 bits per heavy atom. The van der Waals surface area contributed by atoms with Crippen LogP contribution in [0.15, 0.2) is 24.4 Å². The van der Waals surface area contributed by atoms with E-state index in [2.05, 4.69) is 4.98 Å². The number of aromatic amines is 1. The second-order valence-corrected chi connectivity index (χ2v) is 6.21. The third-order valence-electron chi connectivity index (χ3n) is 4.52. The number of ether oxygens (including phenoxy) is 1. The minimum Gasteiger partial charge on any atom is -0.396 e. The van der Waals surface area contributed by atoms with Crippen molar-refractivity contribution >= 4 is 16.8 Å². The van der Waals surface area contributed by atoms with Crippen molar-refractivity contribution in [3.63, 3.8) is 0 Å². The topological polar surface area (TPSA) is 65.6 Å². The Bertz CT molecular complexity index is 693. The van der Waals surface area contributed by atoms with Crippen LogP contribution in [0.4, 0.5) is 4.39 Å². The molecule has 2 aromatic rings. The van der Waals surface area contributed by atoms with Crippen molar-refractivity contribution < 1.29 is 19.0 Å². The number of amides is 1. The normalized spacial score (nSPS) is 16.0. The quantitative estimate of drug-likeness (QED) is 0.796. The fourth-order valence-corrected chi connectivity index (χ4v) is 3.16. The zero-order valence-corrected chi connectivity index (χ0v) is 13.6. The molecule has 0 bridgehead atoms. The molecule has 1 amide bonds. The van der Waals surface area contributed by atoms with Gasteiger partial charge in [-0.05, 0) is 43.0 Å². The van der Waals surface area contributed by atoms with E-state index in [1.165, 1.54) is 12.1 Å². The molecule has 2 heterocycles. The molecule has 130 valence electrons. The molecular weight excluding hydrogens is 311 g/mol. The number of aliphatic hydroxyl groups excluding tert-OH is 1. The van der Waals surface area contributed by atoms with Crippen LogP contribution in [0.3, 0.4) is 0 Å². The zero-order valence-electron chi connectivity index (χ0n) is 13.6. The van der Waals surface area contributed by atoms with Gasteiger partial charge in [-0.25, -0.2) is 4.39 Å². The van der Waals surface area contributed by atoms with E-state index in [1.807, 2.05) is 4.90 Å². The number of nitrogens with zero attached hydrogens (tertiary/aromatic N) is 1. The van der Waals surface area contributed by atoms with Crippen LogP contribution in [0.2, 0.25) is 0 Å². The summed E-state index contributed by atoms with van der Waals surface area (Å²) in [6, 6.07) is 4.57. The molecule has 6 heteroatoms. The maximum Gasteiger partial charge on any atom is 0.227 e. The van der Waals surface area contributed by atoms with Crippen molar-refractivity contribution in [1.29, 1.82) is 0 Å². The number of aromatic nitrogens is 1. The average Bonchev–Trinajstić information content (AvgIpc) is 2.98. The minimum atomic E-state index is -0.295. The minimum absolute atomic E-state index is 0.0639. The molecule has 24 heavy (non-hydrogen) atoms. The van der Waals surface area contributed by atoms with E-state index in [0.29, 0.717) is 26.1 Å². The summed E-state index contributed by atoms with van der Waals surface area (Å²) in [5.74, 6) is -0.231. The standard InChI is InChI=1S/C18H23FN2O3/c19-14-2-3-17-16(11-14)13(12-20-17)10-18(23)21-6-4-15(5-7-21)24-9-1-8-22/h2-3,11-12,15,20,22H,1,4-10H2. The Morgan fingerprint density at radius 3 is 2.92 bits per heavy atom. The van der Waals surface area contributed by atoms with Crippen molar-refractivity contribution in [3.8, 4) is 0 Å². The lowest BCUT2D eigenvalue weighted by molar-refractivity contribution is -0.133. The Morgan fingerprint density at radius 2 is 2.17 bits per heavy atom. The Balaban J connectivity index is 1.55. The van der Waals surface area contributed by atoms with Crippen molar-refractivity contribution in [3.05, 3.63) is 35.8 Å². The number of carbonyl (C=O) groups is 1. The molecule has 1 aromatic carbocycles. The maximum absolute atomic E-state index is 13.4. The Hall–Kier alpha value is -1.92. The molecule has 0 radical (unpaired) electrons. The molecule has 0 unspecified atom stereocenters. The first-order valence-electron chi connectivity index (χ1n) is 8.43. The lowest BCUT2D eigenvalue weighted by Gasteiger charge is -2.32. The number of halogens is 1. The van der Waals surface area contributed by atoms with Gasteiger partial charge in [0, 0.05) is 43.4 Å². The van der Waals surface area contributed by atoms with Crippen LogP contribution in [-0.4, -0.2) is 53.3 Å². The highest BCUT2D eigenvalue weighted by Crippen LogP contribution is 2.21. The number of likely N-dealkylation sites (tertiary alicyclic amines) is 1. The molecule has 3 rings (SSSR count). The van der Waals surface area contributed by atoms with E-state index in [0.717, 1.165) is 29.3 Å². The van der Waals surface area contributed by atoms with Gasteiger partial charge in [-0.2, -0.15) is 0 Å². The van der Waals surface area contributed by atoms with Crippen LogP contribution in [0.5, 0.6) is 0 Å². The van der Waals surface area contributed by atoms with E-state index in [-0.39, 0.29) is 30.9 Å². The number of rotatable bonds is 6. The van der Waals surface area contributed by atoms with Gasteiger partial charge >= 0.3 is 0 Å². The summed E-state index contributed by atoms with van der Waals surface area (Å²) < 4.78 is 19.1. The number of hydrogen-bond donors (Lipinski definition) is 2. The van der Waals surface area contributed by atoms with Crippen LogP contribution < -0.4 is 0 Å². The molecule has 0 atom stereocenters. The van der Waals surface area contributed by atoms with Gasteiger partial charge in [-0.15, -0.1) is 0 Å². The number of H-pyrrole nitrogens is 1. The molecule has 0 aliphatic carbocycles. The van der Waals surface area contributed by atoms with Gasteiger partial charge < -0.3 is 19.7 Å². The zero-order chi connectivity index (χ0) is 16.9. The van der Waals surface area contributed by atoms with Gasteiger partial charge in [-0.1, -0.05) is 0 Å². The number of benzene rings is 1. The highest BCUT2D eigenvalue weighted by Gasteiger charge is 2.23. The summed E-state index contributed by atoms with van der Waals surface area (Å²) in [5, 5.41) is 9.54. The van der Waals surface area contributed by atoms with Crippen molar-refractivity contribution in [2.45, 2.75) is 31.8 Å². The molecule has 5 nitrogen and oxygen atoms in total. The van der Waals surface area contributed by atoms with Crippen LogP contribution in [0.1, 0.15) is 24.8 Å². The smallest absolute Gasteiger partial charge is 0.227 e. The number of piperidine rings is 1. The maximum atomic E-state index is 13.4. The first-order valence-corrected chi connectivity index (χ1v) is 8.43. The number of fused-ring (bicyclic) bond motifs is 1. The van der Waals surface area contributed by atoms with E-state index in [4.69, 9.17) is 9.84 Å². The van der Waals surface area contributed by atoms with Crippen LogP contribution in [-0.2, 0) is 16.0 Å². The fourth-order valence-electron chi connectivity index (χ4n) is 3.16. The number of nitrogens with one attached hydrogen (secondary N) is 1. The third-order valence-corrected chi connectivity index (χ3v) is 4.52. The van der Waals surface area contributed by atoms with Crippen molar-refractivity contribution in [2.75, 3.05) is 26.3 Å². The highest BCUT2D eigenvalue weighted by atomic mass is 19.1. The molecule has 1 saturated heterocycles. The Kier molecular flexibility index (Phi) is 5.48. The lowest BCUT2D eigenvalue weighted by atomic mass is 10.1. The number of aliphatic hydroxyl groups is 1. The van der Waals surface area contributed by atoms with Gasteiger partial charge in [-0.3, -0.25) is 4.79 Å². The third kappa shape index (κ3) is 3.94. The molecule has 0 spiro atoms. The molecule has 2 N–H and O–H groups in total. The summed E-state index contributed by atoms with van der Waals surface area (Å²) in [4.78, 5) is 17.4. The van der Waals surface area contributed by atoms with Crippen LogP contribution in [0.25, 0.3) is 10.9 Å². The largest absolute Gasteiger partial charge is 0.396 e. The van der Waals surface area contributed by atoms with Gasteiger partial charge in [0.2, 0.25) is 5.91 Å². The van der Waals surface area contributed by atoms with Gasteiger partial charge in [0.25, 0.3) is 0 Å². The summed E-state index contributed by atoms with van der Waals surface area (Å²) in [6.45, 7) is 2.07. The lowest BCUT2D eigenvalue weighted by Crippen LogP contribution is -2.41. The van der Waals surface area contributed by atoms with Crippen molar-refractivity contribution in [2.24, 2.45) is 0 Å². The first kappa shape index (κ1) is 16.9. The van der Waals surface area contributed by atoms with E-state index >= 15 is 0 Å². The average molecular weight is 334 g/mol. The summed E-state index contributed by atoms with van der Waals surface area (Å²) in [7, 11) is 0. The summed E-state index contributed by atoms with van der Waals surface area (Å²) in [6.07, 6.45) is 4.52. The second-order valence-electron chi connectivity index (χ2n) is 6.21. The van der Waals surface area contributed by atoms with E-state index < -0.39 is 0 Å². The van der Waals surface area contributed by atoms with Crippen molar-refractivity contribution in [1.82, 2.24) is 9.88 Å². The predicted molar refractivity (Wildman–Crippen MR) is 89.2 cm³/mol. The molecular formula is C18H23FN2O3. The SMILES string of the molecule is O=C(Cc1c[nH]c2ccc(F)cc12)N1CCC(OCCCO)CC1. The monoisotopic (exact) mass is 334 g/mol. The fraction of sp³-hybridized carbons (Fsp3) is 0.500. The first-order chi connectivity index (χ1) is 11.7. The molecule has 1 aromatic heterocycles. The van der Waals surface area contributed by atoms with Crippen LogP contribution in [0, 0.1) is 5.82 Å². The summed E-state index contributed by atoms with van der Waals surface area (Å²) in [5.41, 5.74) is 1.67.